The van der Waals surface area contributed by atoms with Crippen LogP contribution in [0.5, 0.6) is 0 Å². The minimum absolute atomic E-state index is 0.00372. The average molecular weight is 915 g/mol. The summed E-state index contributed by atoms with van der Waals surface area (Å²) in [6.45, 7) is 7.47. The van der Waals surface area contributed by atoms with Crippen molar-refractivity contribution in [3.05, 3.63) is 65.2 Å². The number of nitrogens with zero attached hydrogens (tertiary/aromatic N) is 7. The lowest BCUT2D eigenvalue weighted by atomic mass is 9.78. The molecule has 16 nitrogen and oxygen atoms in total. The number of anilines is 3. The van der Waals surface area contributed by atoms with Crippen molar-refractivity contribution in [1.82, 2.24) is 35.1 Å². The molecule has 7 heterocycles. The van der Waals surface area contributed by atoms with E-state index in [-0.39, 0.29) is 64.3 Å². The molecule has 4 saturated heterocycles. The number of amides is 4. The number of benzene rings is 1. The molecule has 0 unspecified atom stereocenters. The second-order valence-corrected chi connectivity index (χ2v) is 20.6. The Morgan fingerprint density at radius 3 is 2.38 bits per heavy atom. The van der Waals surface area contributed by atoms with E-state index in [0.717, 1.165) is 42.3 Å². The average Bonchev–Trinajstić information content (AvgIpc) is 3.73. The van der Waals surface area contributed by atoms with E-state index in [4.69, 9.17) is 10.7 Å². The third-order valence-electron chi connectivity index (χ3n) is 13.2. The molecule has 0 bridgehead atoms. The molecule has 19 heteroatoms. The first-order valence-electron chi connectivity index (χ1n) is 22.2. The Morgan fingerprint density at radius 1 is 0.953 bits per heavy atom. The topological polar surface area (TPSA) is 214 Å². The highest BCUT2D eigenvalue weighted by Crippen LogP contribution is 2.44. The van der Waals surface area contributed by atoms with Gasteiger partial charge in [-0.2, -0.15) is 0 Å². The molecule has 4 N–H and O–H groups in total. The second-order valence-electron chi connectivity index (χ2n) is 17.7. The molecule has 4 fully saturated rings. The normalized spacial score (nSPS) is 20.0. The smallest absolute Gasteiger partial charge is 0.234 e. The molecule has 4 aliphatic rings. The van der Waals surface area contributed by atoms with Crippen LogP contribution in [0, 0.1) is 17.2 Å². The fourth-order valence-electron chi connectivity index (χ4n) is 9.37. The third kappa shape index (κ3) is 9.89. The van der Waals surface area contributed by atoms with Crippen LogP contribution in [0.1, 0.15) is 100 Å². The monoisotopic (exact) mass is 914 g/mol. The van der Waals surface area contributed by atoms with E-state index in [1.165, 1.54) is 23.6 Å². The Hall–Kier alpha value is -5.56. The molecule has 64 heavy (non-hydrogen) atoms. The lowest BCUT2D eigenvalue weighted by Gasteiger charge is -2.43. The Morgan fingerprint density at radius 2 is 1.70 bits per heavy atom. The van der Waals surface area contributed by atoms with Gasteiger partial charge in [0.15, 0.2) is 5.82 Å². The number of thiazole rings is 1. The van der Waals surface area contributed by atoms with Crippen molar-refractivity contribution in [2.45, 2.75) is 89.9 Å². The predicted octanol–water partition coefficient (Wildman–Crippen LogP) is 5.70. The van der Waals surface area contributed by atoms with Crippen LogP contribution < -0.4 is 20.7 Å². The standard InChI is InChI=1S/C45H55FN10O6S2/c1-3-25-64(61,62)53-33-6-4-5-32(38(33)46)39-40(34-11-18-48-44(47)50-34)63-42(52-39)29-14-21-56(22-15-29)43(60)45(2)16-23-55(24-17-45)37(58)26-28-12-19-54(20-13-28)35-9-7-30(27-49-35)31-8-10-36(57)51-41(31)59/h4-7,9,11,18,27-29,31,53H,3,8,10,12-17,19-26H2,1-2H3,(H2,47,48,50)(H,51,57,59)/t31-/m1/s1. The van der Waals surface area contributed by atoms with E-state index in [1.54, 1.807) is 31.3 Å². The second kappa shape index (κ2) is 18.9. The first-order valence-corrected chi connectivity index (χ1v) is 24.7. The summed E-state index contributed by atoms with van der Waals surface area (Å²) in [6, 6.07) is 10.1. The van der Waals surface area contributed by atoms with E-state index in [1.807, 2.05) is 28.9 Å². The molecule has 8 rings (SSSR count). The van der Waals surface area contributed by atoms with Gasteiger partial charge >= 0.3 is 0 Å². The van der Waals surface area contributed by atoms with Crippen LogP contribution in [-0.4, -0.2) is 107 Å². The largest absolute Gasteiger partial charge is 0.368 e. The zero-order valence-electron chi connectivity index (χ0n) is 36.2. The van der Waals surface area contributed by atoms with Crippen LogP contribution in [0.4, 0.5) is 21.8 Å². The number of rotatable bonds is 12. The van der Waals surface area contributed by atoms with Crippen molar-refractivity contribution >= 4 is 62.4 Å². The molecule has 4 aliphatic heterocycles. The molecule has 4 aromatic rings. The molecular weight excluding hydrogens is 860 g/mol. The van der Waals surface area contributed by atoms with Gasteiger partial charge in [-0.3, -0.25) is 29.2 Å². The lowest BCUT2D eigenvalue weighted by molar-refractivity contribution is -0.148. The molecule has 0 saturated carbocycles. The molecule has 1 atom stereocenters. The maximum atomic E-state index is 16.1. The Labute approximate surface area is 376 Å². The van der Waals surface area contributed by atoms with Crippen LogP contribution in [0.25, 0.3) is 21.8 Å². The molecule has 0 radical (unpaired) electrons. The minimum Gasteiger partial charge on any atom is -0.368 e. The minimum atomic E-state index is -3.75. The Kier molecular flexibility index (Phi) is 13.3. The van der Waals surface area contributed by atoms with E-state index in [2.05, 4.69) is 29.9 Å². The van der Waals surface area contributed by atoms with E-state index in [0.29, 0.717) is 93.8 Å². The number of nitrogens with two attached hydrogens (primary N) is 1. The molecule has 4 amide bonds. The number of carbonyl (C=O) groups is 4. The highest BCUT2D eigenvalue weighted by Gasteiger charge is 2.42. The zero-order chi connectivity index (χ0) is 45.2. The first-order chi connectivity index (χ1) is 30.7. The zero-order valence-corrected chi connectivity index (χ0v) is 37.9. The number of halogens is 1. The maximum Gasteiger partial charge on any atom is 0.234 e. The number of piperidine rings is 4. The highest BCUT2D eigenvalue weighted by atomic mass is 32.2. The summed E-state index contributed by atoms with van der Waals surface area (Å²) in [6.07, 6.45) is 9.17. The summed E-state index contributed by atoms with van der Waals surface area (Å²) >= 11 is 1.39. The van der Waals surface area contributed by atoms with Crippen molar-refractivity contribution in [3.8, 4) is 21.8 Å². The van der Waals surface area contributed by atoms with Gasteiger partial charge in [-0.25, -0.2) is 32.7 Å². The quantitative estimate of drug-likeness (QED) is 0.146. The van der Waals surface area contributed by atoms with Crippen molar-refractivity contribution in [1.29, 1.82) is 0 Å². The lowest BCUT2D eigenvalue weighted by Crippen LogP contribution is -2.51. The Balaban J connectivity index is 0.839. The highest BCUT2D eigenvalue weighted by molar-refractivity contribution is 7.92. The summed E-state index contributed by atoms with van der Waals surface area (Å²) < 4.78 is 43.6. The number of carbonyl (C=O) groups excluding carboxylic acids is 4. The molecule has 340 valence electrons. The summed E-state index contributed by atoms with van der Waals surface area (Å²) in [5.41, 5.74) is 6.95. The first kappa shape index (κ1) is 45.0. The molecule has 0 spiro atoms. The number of pyridine rings is 1. The van der Waals surface area contributed by atoms with Crippen LogP contribution in [0.3, 0.4) is 0 Å². The number of nitrogens with one attached hydrogen (secondary N) is 2. The van der Waals surface area contributed by atoms with Gasteiger partial charge in [0.25, 0.3) is 0 Å². The number of nitrogen functional groups attached to an aromatic ring is 1. The SMILES string of the molecule is CCCS(=O)(=O)Nc1cccc(-c2nc(C3CCN(C(=O)C4(C)CCN(C(=O)CC5CCN(c6ccc([C@H]7CCC(=O)NC7=O)cn6)CC5)CC4)CC3)sc2-c2ccnc(N)n2)c1F. The summed E-state index contributed by atoms with van der Waals surface area (Å²) in [7, 11) is -3.75. The molecule has 0 aliphatic carbocycles. The van der Waals surface area contributed by atoms with Gasteiger partial charge in [-0.1, -0.05) is 26.0 Å². The van der Waals surface area contributed by atoms with Crippen molar-refractivity contribution in [3.63, 3.8) is 0 Å². The molecule has 1 aromatic carbocycles. The summed E-state index contributed by atoms with van der Waals surface area (Å²) in [5, 5.41) is 3.18. The maximum absolute atomic E-state index is 16.1. The number of imide groups is 1. The summed E-state index contributed by atoms with van der Waals surface area (Å²) in [5.74, 6) is -0.361. The van der Waals surface area contributed by atoms with E-state index in [9.17, 15) is 27.6 Å². The molecule has 3 aromatic heterocycles. The fourth-order valence-corrected chi connectivity index (χ4v) is 11.7. The number of aromatic nitrogens is 4. The van der Waals surface area contributed by atoms with Gasteiger partial charge < -0.3 is 20.4 Å². The van der Waals surface area contributed by atoms with E-state index < -0.39 is 21.3 Å². The van der Waals surface area contributed by atoms with Crippen LogP contribution in [-0.2, 0) is 29.2 Å². The number of sulfonamides is 1. The number of hydrogen-bond donors (Lipinski definition) is 3. The number of hydrogen-bond acceptors (Lipinski definition) is 13. The van der Waals surface area contributed by atoms with Crippen LogP contribution in [0.2, 0.25) is 0 Å². The third-order valence-corrected chi connectivity index (χ3v) is 15.9. The van der Waals surface area contributed by atoms with Gasteiger partial charge in [0.2, 0.25) is 39.6 Å². The number of likely N-dealkylation sites (tertiary alicyclic amines) is 2. The van der Waals surface area contributed by atoms with Gasteiger partial charge in [0.1, 0.15) is 5.82 Å². The summed E-state index contributed by atoms with van der Waals surface area (Å²) in [4.78, 5) is 76.1. The van der Waals surface area contributed by atoms with Gasteiger partial charge in [0, 0.05) is 81.4 Å². The van der Waals surface area contributed by atoms with Gasteiger partial charge in [-0.05, 0) is 87.1 Å². The van der Waals surface area contributed by atoms with Crippen molar-refractivity contribution in [2.24, 2.45) is 11.3 Å². The van der Waals surface area contributed by atoms with Crippen LogP contribution in [0.15, 0.2) is 48.8 Å². The van der Waals surface area contributed by atoms with E-state index >= 15 is 4.39 Å². The van der Waals surface area contributed by atoms with Crippen molar-refractivity contribution < 1.29 is 32.0 Å². The fraction of sp³-hybridized carbons (Fsp3) is 0.511. The van der Waals surface area contributed by atoms with Gasteiger partial charge in [-0.15, -0.1) is 11.3 Å². The molecular formula is C45H55FN10O6S2. The van der Waals surface area contributed by atoms with Crippen molar-refractivity contribution in [2.75, 3.05) is 60.4 Å². The Bertz CT molecular complexity index is 2500. The predicted molar refractivity (Wildman–Crippen MR) is 242 cm³/mol. The van der Waals surface area contributed by atoms with Crippen LogP contribution >= 0.6 is 11.3 Å². The van der Waals surface area contributed by atoms with Gasteiger partial charge in [0.05, 0.1) is 38.6 Å².